The molecule has 0 aromatic carbocycles. The Morgan fingerprint density at radius 1 is 1.35 bits per heavy atom. The summed E-state index contributed by atoms with van der Waals surface area (Å²) in [5.74, 6) is 0.774. The van der Waals surface area contributed by atoms with E-state index < -0.39 is 0 Å². The molecule has 0 saturated heterocycles. The molecule has 4 nitrogen and oxygen atoms in total. The molecule has 1 amide bonds. The van der Waals surface area contributed by atoms with Crippen LogP contribution in [0.25, 0.3) is 0 Å². The van der Waals surface area contributed by atoms with Crippen LogP contribution in [0.4, 0.5) is 0 Å². The highest BCUT2D eigenvalue weighted by Crippen LogP contribution is 2.29. The molecule has 20 heavy (non-hydrogen) atoms. The van der Waals surface area contributed by atoms with Crippen LogP contribution in [0.5, 0.6) is 0 Å². The van der Waals surface area contributed by atoms with Gasteiger partial charge in [0.2, 0.25) is 5.91 Å². The lowest BCUT2D eigenvalue weighted by Gasteiger charge is -2.30. The van der Waals surface area contributed by atoms with Gasteiger partial charge in [0.25, 0.3) is 0 Å². The minimum Gasteiger partial charge on any atom is -0.393 e. The Kier molecular flexibility index (Phi) is 8.07. The van der Waals surface area contributed by atoms with E-state index in [4.69, 9.17) is 22.7 Å². The molecule has 1 rings (SSSR count). The fourth-order valence-corrected chi connectivity index (χ4v) is 2.84. The first-order valence-corrected chi connectivity index (χ1v) is 8.09. The maximum absolute atomic E-state index is 11.9. The second-order valence-corrected chi connectivity index (χ2v) is 6.17. The van der Waals surface area contributed by atoms with Crippen molar-refractivity contribution in [1.82, 2.24) is 4.90 Å². The molecule has 0 heterocycles. The van der Waals surface area contributed by atoms with E-state index in [2.05, 4.69) is 6.92 Å². The minimum absolute atomic E-state index is 0.102. The van der Waals surface area contributed by atoms with Crippen molar-refractivity contribution in [2.75, 3.05) is 20.2 Å². The Hall–Kier alpha value is -0.680. The number of hydrogen-bond donors (Lipinski definition) is 1. The molecule has 116 valence electrons. The van der Waals surface area contributed by atoms with Gasteiger partial charge in [0.05, 0.1) is 24.1 Å². The van der Waals surface area contributed by atoms with Crippen LogP contribution >= 0.6 is 12.2 Å². The van der Waals surface area contributed by atoms with Gasteiger partial charge in [-0.2, -0.15) is 0 Å². The molecule has 2 N–H and O–H groups in total. The number of nitrogens with two attached hydrogens (primary N) is 1. The number of nitrogens with zero attached hydrogens (tertiary/aromatic N) is 1. The Morgan fingerprint density at radius 2 is 2.05 bits per heavy atom. The third-order valence-corrected chi connectivity index (χ3v) is 4.34. The zero-order valence-corrected chi connectivity index (χ0v) is 13.6. The monoisotopic (exact) mass is 300 g/mol. The van der Waals surface area contributed by atoms with Gasteiger partial charge < -0.3 is 15.4 Å². The molecule has 0 radical (unpaired) electrons. The SMILES string of the molecule is CCC1CCCCC1OCCC(=O)N(C)CCC(N)=S. The van der Waals surface area contributed by atoms with Crippen LogP contribution in [0.15, 0.2) is 0 Å². The molecule has 1 aliphatic rings. The van der Waals surface area contributed by atoms with Crippen molar-refractivity contribution in [3.63, 3.8) is 0 Å². The lowest BCUT2D eigenvalue weighted by molar-refractivity contribution is -0.132. The van der Waals surface area contributed by atoms with Crippen molar-refractivity contribution in [3.05, 3.63) is 0 Å². The average molecular weight is 300 g/mol. The summed E-state index contributed by atoms with van der Waals surface area (Å²) < 4.78 is 5.93. The van der Waals surface area contributed by atoms with E-state index in [0.29, 0.717) is 43.0 Å². The van der Waals surface area contributed by atoms with Gasteiger partial charge in [0, 0.05) is 20.0 Å². The molecule has 1 fully saturated rings. The number of ether oxygens (including phenoxy) is 1. The van der Waals surface area contributed by atoms with Gasteiger partial charge in [-0.15, -0.1) is 0 Å². The van der Waals surface area contributed by atoms with Crippen LogP contribution in [-0.4, -0.2) is 42.1 Å². The zero-order valence-electron chi connectivity index (χ0n) is 12.8. The number of rotatable bonds is 8. The van der Waals surface area contributed by atoms with Crippen LogP contribution in [0.3, 0.4) is 0 Å². The maximum Gasteiger partial charge on any atom is 0.224 e. The molecular weight excluding hydrogens is 272 g/mol. The fourth-order valence-electron chi connectivity index (χ4n) is 2.75. The van der Waals surface area contributed by atoms with Crippen molar-refractivity contribution in [2.45, 2.75) is 58.0 Å². The quantitative estimate of drug-likeness (QED) is 0.700. The molecular formula is C15H28N2O2S. The van der Waals surface area contributed by atoms with Crippen molar-refractivity contribution in [3.8, 4) is 0 Å². The van der Waals surface area contributed by atoms with Crippen LogP contribution < -0.4 is 5.73 Å². The second kappa shape index (κ2) is 9.29. The Morgan fingerprint density at radius 3 is 2.70 bits per heavy atom. The highest BCUT2D eigenvalue weighted by atomic mass is 32.1. The van der Waals surface area contributed by atoms with Crippen molar-refractivity contribution >= 4 is 23.1 Å². The normalized spacial score (nSPS) is 22.5. The summed E-state index contributed by atoms with van der Waals surface area (Å²) >= 11 is 4.81. The topological polar surface area (TPSA) is 55.6 Å². The maximum atomic E-state index is 11.9. The van der Waals surface area contributed by atoms with Crippen LogP contribution in [-0.2, 0) is 9.53 Å². The molecule has 0 aromatic heterocycles. The highest BCUT2D eigenvalue weighted by Gasteiger charge is 2.24. The van der Waals surface area contributed by atoms with Crippen molar-refractivity contribution < 1.29 is 9.53 Å². The first-order valence-electron chi connectivity index (χ1n) is 7.68. The number of thiocarbonyl (C=S) groups is 1. The van der Waals surface area contributed by atoms with Crippen LogP contribution in [0.1, 0.15) is 51.9 Å². The van der Waals surface area contributed by atoms with Gasteiger partial charge in [0.15, 0.2) is 0 Å². The van der Waals surface area contributed by atoms with E-state index in [1.54, 1.807) is 11.9 Å². The van der Waals surface area contributed by atoms with Gasteiger partial charge in [-0.1, -0.05) is 38.4 Å². The Bertz CT molecular complexity index is 323. The van der Waals surface area contributed by atoms with Gasteiger partial charge in [0.1, 0.15) is 0 Å². The Balaban J connectivity index is 2.21. The van der Waals surface area contributed by atoms with Gasteiger partial charge in [-0.25, -0.2) is 0 Å². The van der Waals surface area contributed by atoms with E-state index in [9.17, 15) is 4.79 Å². The number of hydrogen-bond acceptors (Lipinski definition) is 3. The molecule has 2 atom stereocenters. The molecule has 5 heteroatoms. The summed E-state index contributed by atoms with van der Waals surface area (Å²) in [7, 11) is 1.79. The molecule has 0 aliphatic heterocycles. The number of amides is 1. The first kappa shape index (κ1) is 17.4. The second-order valence-electron chi connectivity index (χ2n) is 5.64. The van der Waals surface area contributed by atoms with Gasteiger partial charge in [-0.3, -0.25) is 4.79 Å². The fraction of sp³-hybridized carbons (Fsp3) is 0.867. The van der Waals surface area contributed by atoms with Gasteiger partial charge in [-0.05, 0) is 18.8 Å². The van der Waals surface area contributed by atoms with Crippen LogP contribution in [0, 0.1) is 5.92 Å². The predicted molar refractivity (Wildman–Crippen MR) is 85.6 cm³/mol. The molecule has 0 spiro atoms. The lowest BCUT2D eigenvalue weighted by atomic mass is 9.85. The molecule has 0 aromatic rings. The summed E-state index contributed by atoms with van der Waals surface area (Å²) in [4.78, 5) is 14.0. The van der Waals surface area contributed by atoms with Crippen molar-refractivity contribution in [2.24, 2.45) is 11.7 Å². The summed E-state index contributed by atoms with van der Waals surface area (Å²) in [5.41, 5.74) is 5.44. The van der Waals surface area contributed by atoms with E-state index >= 15 is 0 Å². The average Bonchev–Trinajstić information content (AvgIpc) is 2.45. The third kappa shape index (κ3) is 6.18. The largest absolute Gasteiger partial charge is 0.393 e. The van der Waals surface area contributed by atoms with E-state index in [0.717, 1.165) is 6.42 Å². The number of carbonyl (C=O) groups excluding carboxylic acids is 1. The molecule has 1 saturated carbocycles. The number of carbonyl (C=O) groups is 1. The first-order chi connectivity index (χ1) is 9.54. The van der Waals surface area contributed by atoms with Gasteiger partial charge >= 0.3 is 0 Å². The highest BCUT2D eigenvalue weighted by molar-refractivity contribution is 7.80. The lowest BCUT2D eigenvalue weighted by Crippen LogP contribution is -2.32. The van der Waals surface area contributed by atoms with Crippen molar-refractivity contribution in [1.29, 1.82) is 0 Å². The molecule has 0 bridgehead atoms. The summed E-state index contributed by atoms with van der Waals surface area (Å²) in [6.45, 7) is 3.34. The van der Waals surface area contributed by atoms with Crippen LogP contribution in [0.2, 0.25) is 0 Å². The standard InChI is InChI=1S/C15H28N2O2S/c1-3-12-6-4-5-7-13(12)19-11-9-15(18)17(2)10-8-14(16)20/h12-13H,3-11H2,1-2H3,(H2,16,20). The van der Waals surface area contributed by atoms with E-state index in [-0.39, 0.29) is 5.91 Å². The summed E-state index contributed by atoms with van der Waals surface area (Å²) in [5, 5.41) is 0. The predicted octanol–water partition coefficient (Wildman–Crippen LogP) is 2.50. The minimum atomic E-state index is 0.102. The molecule has 1 aliphatic carbocycles. The smallest absolute Gasteiger partial charge is 0.224 e. The summed E-state index contributed by atoms with van der Waals surface area (Å²) in [6.07, 6.45) is 7.53. The molecule has 2 unspecified atom stereocenters. The van der Waals surface area contributed by atoms with E-state index in [1.807, 2.05) is 0 Å². The summed E-state index contributed by atoms with van der Waals surface area (Å²) in [6, 6.07) is 0. The zero-order chi connectivity index (χ0) is 15.0. The van der Waals surface area contributed by atoms with E-state index in [1.165, 1.54) is 25.7 Å². The Labute approximate surface area is 128 Å². The third-order valence-electron chi connectivity index (χ3n) is 4.13.